The SMILES string of the molecule is O=C1CCC(N2Cc3cc(N4CC5(CCN(C(=O)CCc6ccccn6)CC5)C4)ccc3C2=O)C(=O)N1. The number of amides is 4. The summed E-state index contributed by atoms with van der Waals surface area (Å²) >= 11 is 0. The van der Waals surface area contributed by atoms with E-state index < -0.39 is 6.04 Å². The number of anilines is 1. The van der Waals surface area contributed by atoms with Crippen LogP contribution in [0, 0.1) is 5.41 Å². The molecular formula is C28H31N5O4. The van der Waals surface area contributed by atoms with E-state index in [0.717, 1.165) is 56.0 Å². The normalized spacial score (nSPS) is 22.6. The maximum absolute atomic E-state index is 13.0. The Bertz CT molecular complexity index is 1250. The predicted octanol–water partition coefficient (Wildman–Crippen LogP) is 1.90. The van der Waals surface area contributed by atoms with Gasteiger partial charge in [-0.15, -0.1) is 0 Å². The molecule has 4 aliphatic rings. The average Bonchev–Trinajstić information content (AvgIpc) is 3.22. The van der Waals surface area contributed by atoms with Gasteiger partial charge in [-0.05, 0) is 61.6 Å². The predicted molar refractivity (Wildman–Crippen MR) is 136 cm³/mol. The van der Waals surface area contributed by atoms with E-state index >= 15 is 0 Å². The van der Waals surface area contributed by atoms with Gasteiger partial charge >= 0.3 is 0 Å². The Kier molecular flexibility index (Phi) is 5.93. The Morgan fingerprint density at radius 2 is 1.89 bits per heavy atom. The largest absolute Gasteiger partial charge is 0.370 e. The van der Waals surface area contributed by atoms with Crippen molar-refractivity contribution in [1.82, 2.24) is 20.1 Å². The lowest BCUT2D eigenvalue weighted by atomic mass is 9.71. The summed E-state index contributed by atoms with van der Waals surface area (Å²) in [4.78, 5) is 59.7. The Labute approximate surface area is 215 Å². The van der Waals surface area contributed by atoms with Crippen molar-refractivity contribution in [1.29, 1.82) is 0 Å². The third-order valence-electron chi connectivity index (χ3n) is 8.42. The van der Waals surface area contributed by atoms with Crippen LogP contribution in [0.1, 0.15) is 53.7 Å². The Morgan fingerprint density at radius 3 is 2.62 bits per heavy atom. The van der Waals surface area contributed by atoms with Crippen LogP contribution in [0.25, 0.3) is 0 Å². The second-order valence-corrected chi connectivity index (χ2v) is 10.8. The third kappa shape index (κ3) is 4.47. The highest BCUT2D eigenvalue weighted by Crippen LogP contribution is 2.43. The van der Waals surface area contributed by atoms with Crippen molar-refractivity contribution in [2.24, 2.45) is 5.41 Å². The highest BCUT2D eigenvalue weighted by Gasteiger charge is 2.46. The van der Waals surface area contributed by atoms with Crippen LogP contribution in [0.2, 0.25) is 0 Å². The summed E-state index contributed by atoms with van der Waals surface area (Å²) in [6.07, 6.45) is 5.58. The molecule has 37 heavy (non-hydrogen) atoms. The molecule has 4 aliphatic heterocycles. The van der Waals surface area contributed by atoms with E-state index in [9.17, 15) is 19.2 Å². The van der Waals surface area contributed by atoms with E-state index in [-0.39, 0.29) is 35.5 Å². The smallest absolute Gasteiger partial charge is 0.255 e. The van der Waals surface area contributed by atoms with Gasteiger partial charge in [-0.3, -0.25) is 29.5 Å². The first-order valence-corrected chi connectivity index (χ1v) is 13.1. The maximum atomic E-state index is 13.0. The number of imide groups is 1. The number of aromatic nitrogens is 1. The number of nitrogens with one attached hydrogen (secondary N) is 1. The number of aryl methyl sites for hydroxylation is 1. The number of likely N-dealkylation sites (tertiary alicyclic amines) is 1. The molecule has 2 aromatic rings. The molecule has 1 spiro atoms. The zero-order valence-electron chi connectivity index (χ0n) is 20.8. The summed E-state index contributed by atoms with van der Waals surface area (Å²) in [6.45, 7) is 3.89. The molecule has 1 unspecified atom stereocenters. The van der Waals surface area contributed by atoms with E-state index in [1.165, 1.54) is 0 Å². The first-order chi connectivity index (χ1) is 17.9. The van der Waals surface area contributed by atoms with Crippen LogP contribution in [0.3, 0.4) is 0 Å². The minimum atomic E-state index is -0.592. The molecule has 192 valence electrons. The number of carbonyl (C=O) groups is 4. The number of benzene rings is 1. The number of pyridine rings is 1. The number of hydrogen-bond donors (Lipinski definition) is 1. The molecule has 5 heterocycles. The summed E-state index contributed by atoms with van der Waals surface area (Å²) in [5.41, 5.74) is 3.86. The van der Waals surface area contributed by atoms with E-state index in [0.29, 0.717) is 31.4 Å². The van der Waals surface area contributed by atoms with Gasteiger partial charge in [0.2, 0.25) is 17.7 Å². The molecule has 4 amide bonds. The lowest BCUT2D eigenvalue weighted by Gasteiger charge is -2.55. The highest BCUT2D eigenvalue weighted by atomic mass is 16.2. The lowest BCUT2D eigenvalue weighted by Crippen LogP contribution is -2.61. The molecule has 0 aliphatic carbocycles. The molecule has 1 aromatic carbocycles. The van der Waals surface area contributed by atoms with Crippen molar-refractivity contribution in [3.8, 4) is 0 Å². The van der Waals surface area contributed by atoms with E-state index in [2.05, 4.69) is 21.3 Å². The van der Waals surface area contributed by atoms with Gasteiger partial charge in [-0.1, -0.05) is 6.07 Å². The molecule has 0 saturated carbocycles. The van der Waals surface area contributed by atoms with Crippen molar-refractivity contribution in [2.75, 3.05) is 31.1 Å². The standard InChI is InChI=1S/C28H31N5O4/c34-24-8-7-23(26(36)30-24)33-16-19-15-21(5-6-22(19)27(33)37)32-17-28(18-32)10-13-31(14-11-28)25(35)9-4-20-3-1-2-12-29-20/h1-3,5-6,12,15,23H,4,7-11,13-14,16-18H2,(H,30,34,36). The van der Waals surface area contributed by atoms with Gasteiger partial charge in [0.15, 0.2) is 0 Å². The number of carbonyl (C=O) groups excluding carboxylic acids is 4. The van der Waals surface area contributed by atoms with Gasteiger partial charge in [0.05, 0.1) is 0 Å². The molecule has 1 N–H and O–H groups in total. The summed E-state index contributed by atoms with van der Waals surface area (Å²) < 4.78 is 0. The molecule has 9 heteroatoms. The number of nitrogens with zero attached hydrogens (tertiary/aromatic N) is 4. The van der Waals surface area contributed by atoms with E-state index in [1.807, 2.05) is 35.2 Å². The Balaban J connectivity index is 1.02. The Morgan fingerprint density at radius 1 is 1.08 bits per heavy atom. The molecule has 0 bridgehead atoms. The first kappa shape index (κ1) is 23.6. The van der Waals surface area contributed by atoms with Crippen LogP contribution in [-0.4, -0.2) is 70.6 Å². The minimum Gasteiger partial charge on any atom is -0.370 e. The fraction of sp³-hybridized carbons (Fsp3) is 0.464. The molecule has 3 fully saturated rings. The van der Waals surface area contributed by atoms with Crippen molar-refractivity contribution >= 4 is 29.3 Å². The van der Waals surface area contributed by atoms with E-state index in [4.69, 9.17) is 0 Å². The van der Waals surface area contributed by atoms with Crippen LogP contribution in [0.15, 0.2) is 42.6 Å². The maximum Gasteiger partial charge on any atom is 0.255 e. The second kappa shape index (κ2) is 9.28. The van der Waals surface area contributed by atoms with Gasteiger partial charge in [0, 0.05) is 74.1 Å². The van der Waals surface area contributed by atoms with Gasteiger partial charge in [-0.25, -0.2) is 0 Å². The summed E-state index contributed by atoms with van der Waals surface area (Å²) in [5, 5.41) is 2.35. The van der Waals surface area contributed by atoms with Crippen molar-refractivity contribution in [2.45, 2.75) is 51.1 Å². The Hall–Kier alpha value is -3.75. The minimum absolute atomic E-state index is 0.142. The molecule has 1 atom stereocenters. The second-order valence-electron chi connectivity index (χ2n) is 10.8. The zero-order valence-corrected chi connectivity index (χ0v) is 20.8. The fourth-order valence-electron chi connectivity index (χ4n) is 6.19. The van der Waals surface area contributed by atoms with Crippen molar-refractivity contribution < 1.29 is 19.2 Å². The summed E-state index contributed by atoms with van der Waals surface area (Å²) in [7, 11) is 0. The van der Waals surface area contributed by atoms with Crippen LogP contribution in [0.4, 0.5) is 5.69 Å². The van der Waals surface area contributed by atoms with Gasteiger partial charge < -0.3 is 14.7 Å². The van der Waals surface area contributed by atoms with Gasteiger partial charge in [0.1, 0.15) is 6.04 Å². The quantitative estimate of drug-likeness (QED) is 0.628. The zero-order chi connectivity index (χ0) is 25.6. The van der Waals surface area contributed by atoms with Crippen LogP contribution < -0.4 is 10.2 Å². The third-order valence-corrected chi connectivity index (χ3v) is 8.42. The number of rotatable bonds is 5. The number of hydrogen-bond acceptors (Lipinski definition) is 6. The summed E-state index contributed by atoms with van der Waals surface area (Å²) in [6, 6.07) is 11.1. The van der Waals surface area contributed by atoms with E-state index in [1.54, 1.807) is 11.1 Å². The number of fused-ring (bicyclic) bond motifs is 1. The number of piperidine rings is 2. The molecule has 3 saturated heterocycles. The highest BCUT2D eigenvalue weighted by molar-refractivity contribution is 6.05. The van der Waals surface area contributed by atoms with Crippen LogP contribution >= 0.6 is 0 Å². The lowest BCUT2D eigenvalue weighted by molar-refractivity contribution is -0.137. The van der Waals surface area contributed by atoms with Crippen molar-refractivity contribution in [3.63, 3.8) is 0 Å². The summed E-state index contributed by atoms with van der Waals surface area (Å²) in [5.74, 6) is -0.597. The molecule has 0 radical (unpaired) electrons. The fourth-order valence-corrected chi connectivity index (χ4v) is 6.19. The van der Waals surface area contributed by atoms with Crippen LogP contribution in [-0.2, 0) is 27.3 Å². The molecular weight excluding hydrogens is 470 g/mol. The molecule has 6 rings (SSSR count). The van der Waals surface area contributed by atoms with Gasteiger partial charge in [0.25, 0.3) is 5.91 Å². The average molecular weight is 502 g/mol. The monoisotopic (exact) mass is 501 g/mol. The molecule has 9 nitrogen and oxygen atoms in total. The van der Waals surface area contributed by atoms with Crippen molar-refractivity contribution in [3.05, 3.63) is 59.4 Å². The molecule has 1 aromatic heterocycles. The topological polar surface area (TPSA) is 103 Å². The first-order valence-electron chi connectivity index (χ1n) is 13.1. The van der Waals surface area contributed by atoms with Gasteiger partial charge in [-0.2, -0.15) is 0 Å². The van der Waals surface area contributed by atoms with Crippen LogP contribution in [0.5, 0.6) is 0 Å².